The van der Waals surface area contributed by atoms with Crippen LogP contribution in [0.25, 0.3) is 22.4 Å². The van der Waals surface area contributed by atoms with Gasteiger partial charge < -0.3 is 16.0 Å². The van der Waals surface area contributed by atoms with Gasteiger partial charge in [0, 0.05) is 43.6 Å². The van der Waals surface area contributed by atoms with E-state index in [-0.39, 0.29) is 23.9 Å². The first-order chi connectivity index (χ1) is 17.3. The fourth-order valence-electron chi connectivity index (χ4n) is 5.01. The summed E-state index contributed by atoms with van der Waals surface area (Å²) >= 11 is 0. The van der Waals surface area contributed by atoms with Crippen LogP contribution in [0.15, 0.2) is 66.9 Å². The third-order valence-corrected chi connectivity index (χ3v) is 7.30. The molecule has 36 heavy (non-hydrogen) atoms. The van der Waals surface area contributed by atoms with E-state index in [0.717, 1.165) is 53.6 Å². The number of nitrogens with one attached hydrogen (secondary N) is 1. The number of anilines is 1. The lowest BCUT2D eigenvalue weighted by molar-refractivity contribution is -0.130. The quantitative estimate of drug-likeness (QED) is 0.443. The Labute approximate surface area is 213 Å². The van der Waals surface area contributed by atoms with Gasteiger partial charge in [0.05, 0.1) is 17.6 Å². The average Bonchev–Trinajstić information content (AvgIpc) is 2.89. The first-order valence-corrected chi connectivity index (χ1v) is 12.8. The molecule has 6 heteroatoms. The predicted molar refractivity (Wildman–Crippen MR) is 145 cm³/mol. The van der Waals surface area contributed by atoms with E-state index in [2.05, 4.69) is 17.4 Å². The van der Waals surface area contributed by atoms with E-state index in [9.17, 15) is 9.59 Å². The summed E-state index contributed by atoms with van der Waals surface area (Å²) in [5.74, 6) is 0.449. The minimum Gasteiger partial charge on any atom is -0.343 e. The lowest BCUT2D eigenvalue weighted by Crippen LogP contribution is -2.38. The van der Waals surface area contributed by atoms with E-state index >= 15 is 0 Å². The lowest BCUT2D eigenvalue weighted by atomic mass is 9.83. The van der Waals surface area contributed by atoms with Gasteiger partial charge in [-0.2, -0.15) is 0 Å². The normalized spacial score (nSPS) is 18.3. The first-order valence-electron chi connectivity index (χ1n) is 12.8. The SMILES string of the molecule is CC(=O)N(C)C1CCC(CC(=O)Nc2cnc(-c3ccc([C@H](C)N)cc3)c(-c3ccccc3)c2)CC1. The van der Waals surface area contributed by atoms with Crippen LogP contribution in [0.4, 0.5) is 5.69 Å². The Morgan fingerprint density at radius 3 is 2.31 bits per heavy atom. The number of nitrogens with zero attached hydrogens (tertiary/aromatic N) is 2. The molecule has 6 nitrogen and oxygen atoms in total. The van der Waals surface area contributed by atoms with Gasteiger partial charge in [-0.1, -0.05) is 54.6 Å². The molecule has 3 aromatic rings. The van der Waals surface area contributed by atoms with Crippen molar-refractivity contribution in [3.63, 3.8) is 0 Å². The summed E-state index contributed by atoms with van der Waals surface area (Å²) in [7, 11) is 1.87. The van der Waals surface area contributed by atoms with Gasteiger partial charge in [0.25, 0.3) is 0 Å². The standard InChI is InChI=1S/C30H36N4O2/c1-20(31)23-11-13-25(14-12-23)30-28(24-7-5-4-6-8-24)18-26(19-32-30)33-29(36)17-22-9-15-27(16-10-22)34(3)21(2)35/h4-8,11-14,18-20,22,27H,9-10,15-17,31H2,1-3H3,(H,33,36)/t20-,22?,27?/m0/s1. The van der Waals surface area contributed by atoms with Crippen LogP contribution in [0.1, 0.15) is 57.6 Å². The second-order valence-corrected chi connectivity index (χ2v) is 9.95. The Morgan fingerprint density at radius 1 is 1.03 bits per heavy atom. The van der Waals surface area contributed by atoms with Gasteiger partial charge >= 0.3 is 0 Å². The molecule has 1 aromatic heterocycles. The summed E-state index contributed by atoms with van der Waals surface area (Å²) in [6.45, 7) is 3.58. The van der Waals surface area contributed by atoms with Gasteiger partial charge in [-0.25, -0.2) is 0 Å². The van der Waals surface area contributed by atoms with Crippen molar-refractivity contribution < 1.29 is 9.59 Å². The van der Waals surface area contributed by atoms with Gasteiger partial charge in [0.2, 0.25) is 11.8 Å². The van der Waals surface area contributed by atoms with Crippen molar-refractivity contribution in [1.29, 1.82) is 0 Å². The molecule has 0 bridgehead atoms. The minimum atomic E-state index is -0.0247. The van der Waals surface area contributed by atoms with Crippen LogP contribution in [-0.2, 0) is 9.59 Å². The molecule has 1 saturated carbocycles. The Hall–Kier alpha value is -3.51. The van der Waals surface area contributed by atoms with Crippen molar-refractivity contribution in [2.45, 2.75) is 58.0 Å². The summed E-state index contributed by atoms with van der Waals surface area (Å²) in [6.07, 6.45) is 6.03. The molecule has 0 radical (unpaired) electrons. The highest BCUT2D eigenvalue weighted by Gasteiger charge is 2.26. The second-order valence-electron chi connectivity index (χ2n) is 9.95. The Balaban J connectivity index is 1.48. The third-order valence-electron chi connectivity index (χ3n) is 7.30. The van der Waals surface area contributed by atoms with Crippen molar-refractivity contribution in [2.75, 3.05) is 12.4 Å². The van der Waals surface area contributed by atoms with E-state index in [0.29, 0.717) is 18.0 Å². The van der Waals surface area contributed by atoms with Crippen LogP contribution in [0.5, 0.6) is 0 Å². The maximum absolute atomic E-state index is 12.9. The van der Waals surface area contributed by atoms with Crippen LogP contribution in [0.2, 0.25) is 0 Å². The number of carbonyl (C=O) groups excluding carboxylic acids is 2. The number of aromatic nitrogens is 1. The van der Waals surface area contributed by atoms with Crippen molar-refractivity contribution in [3.05, 3.63) is 72.4 Å². The Morgan fingerprint density at radius 2 is 1.69 bits per heavy atom. The average molecular weight is 485 g/mol. The zero-order chi connectivity index (χ0) is 25.7. The molecule has 1 atom stereocenters. The molecular weight excluding hydrogens is 448 g/mol. The topological polar surface area (TPSA) is 88.3 Å². The van der Waals surface area contributed by atoms with Crippen LogP contribution >= 0.6 is 0 Å². The highest BCUT2D eigenvalue weighted by atomic mass is 16.2. The third kappa shape index (κ3) is 6.18. The fourth-order valence-corrected chi connectivity index (χ4v) is 5.01. The van der Waals surface area contributed by atoms with E-state index in [1.54, 1.807) is 13.1 Å². The van der Waals surface area contributed by atoms with Gasteiger partial charge in [-0.05, 0) is 55.7 Å². The van der Waals surface area contributed by atoms with Crippen LogP contribution < -0.4 is 11.1 Å². The largest absolute Gasteiger partial charge is 0.343 e. The maximum atomic E-state index is 12.9. The molecule has 2 aromatic carbocycles. The molecule has 2 amide bonds. The number of amides is 2. The minimum absolute atomic E-state index is 0.00761. The van der Waals surface area contributed by atoms with E-state index in [1.165, 1.54) is 0 Å². The lowest BCUT2D eigenvalue weighted by Gasteiger charge is -2.34. The van der Waals surface area contributed by atoms with Crippen molar-refractivity contribution in [3.8, 4) is 22.4 Å². The number of rotatable bonds is 7. The molecule has 1 aliphatic carbocycles. The van der Waals surface area contributed by atoms with Gasteiger partial charge in [0.1, 0.15) is 0 Å². The van der Waals surface area contributed by atoms with Gasteiger partial charge in [0.15, 0.2) is 0 Å². The highest BCUT2D eigenvalue weighted by molar-refractivity contribution is 5.93. The first kappa shape index (κ1) is 25.6. The second kappa shape index (κ2) is 11.5. The molecule has 0 unspecified atom stereocenters. The molecule has 1 aliphatic rings. The highest BCUT2D eigenvalue weighted by Crippen LogP contribution is 2.34. The smallest absolute Gasteiger partial charge is 0.224 e. The molecule has 4 rings (SSSR count). The summed E-state index contributed by atoms with van der Waals surface area (Å²) in [5, 5.41) is 3.07. The van der Waals surface area contributed by atoms with E-state index < -0.39 is 0 Å². The molecule has 0 spiro atoms. The van der Waals surface area contributed by atoms with Crippen LogP contribution in [0.3, 0.4) is 0 Å². The molecule has 0 aliphatic heterocycles. The molecule has 1 heterocycles. The Bertz CT molecular complexity index is 1180. The zero-order valence-electron chi connectivity index (χ0n) is 21.4. The molecule has 0 saturated heterocycles. The molecule has 1 fully saturated rings. The molecule has 188 valence electrons. The predicted octanol–water partition coefficient (Wildman–Crippen LogP) is 5.80. The number of hydrogen-bond acceptors (Lipinski definition) is 4. The monoisotopic (exact) mass is 484 g/mol. The summed E-state index contributed by atoms with van der Waals surface area (Å²) in [6, 6.07) is 20.5. The summed E-state index contributed by atoms with van der Waals surface area (Å²) in [5.41, 5.74) is 11.7. The number of hydrogen-bond donors (Lipinski definition) is 2. The summed E-state index contributed by atoms with van der Waals surface area (Å²) < 4.78 is 0. The number of carbonyl (C=O) groups is 2. The van der Waals surface area contributed by atoms with Crippen LogP contribution in [-0.4, -0.2) is 34.8 Å². The number of pyridine rings is 1. The Kier molecular flexibility index (Phi) is 8.16. The number of nitrogens with two attached hydrogens (primary N) is 1. The molecular formula is C30H36N4O2. The zero-order valence-corrected chi connectivity index (χ0v) is 21.4. The van der Waals surface area contributed by atoms with Gasteiger partial charge in [-0.15, -0.1) is 0 Å². The van der Waals surface area contributed by atoms with E-state index in [4.69, 9.17) is 10.7 Å². The van der Waals surface area contributed by atoms with E-state index in [1.807, 2.05) is 67.4 Å². The fraction of sp³-hybridized carbons (Fsp3) is 0.367. The molecule has 3 N–H and O–H groups in total. The maximum Gasteiger partial charge on any atom is 0.224 e. The van der Waals surface area contributed by atoms with Crippen LogP contribution in [0, 0.1) is 5.92 Å². The van der Waals surface area contributed by atoms with Crippen molar-refractivity contribution in [2.24, 2.45) is 11.7 Å². The van der Waals surface area contributed by atoms with Crippen molar-refractivity contribution in [1.82, 2.24) is 9.88 Å². The van der Waals surface area contributed by atoms with Crippen molar-refractivity contribution >= 4 is 17.5 Å². The van der Waals surface area contributed by atoms with Gasteiger partial charge in [-0.3, -0.25) is 14.6 Å². The summed E-state index contributed by atoms with van der Waals surface area (Å²) in [4.78, 5) is 31.1. The number of benzene rings is 2.